The molecule has 2 aliphatic rings. The Kier molecular flexibility index (Phi) is 6.86. The van der Waals surface area contributed by atoms with Crippen molar-refractivity contribution in [2.24, 2.45) is 5.41 Å². The van der Waals surface area contributed by atoms with Gasteiger partial charge in [0.05, 0.1) is 28.6 Å². The number of carbonyl (C=O) groups is 2. The van der Waals surface area contributed by atoms with Gasteiger partial charge in [-0.2, -0.15) is 13.2 Å². The lowest BCUT2D eigenvalue weighted by atomic mass is 9.66. The molecule has 7 nitrogen and oxygen atoms in total. The van der Waals surface area contributed by atoms with Crippen molar-refractivity contribution in [3.05, 3.63) is 71.2 Å². The van der Waals surface area contributed by atoms with Crippen molar-refractivity contribution in [1.82, 2.24) is 15.2 Å². The maximum absolute atomic E-state index is 16.1. The largest absolute Gasteiger partial charge is 0.416 e. The summed E-state index contributed by atoms with van der Waals surface area (Å²) in [7, 11) is 0. The second-order valence-electron chi connectivity index (χ2n) is 11.2. The van der Waals surface area contributed by atoms with Crippen molar-refractivity contribution in [1.29, 1.82) is 0 Å². The van der Waals surface area contributed by atoms with Crippen LogP contribution in [-0.4, -0.2) is 46.6 Å². The first kappa shape index (κ1) is 28.0. The number of fused-ring (bicyclic) bond motifs is 1. The number of alkyl halides is 3. The lowest BCUT2D eigenvalue weighted by Crippen LogP contribution is -2.56. The number of hydrogen-bond donors (Lipinski definition) is 2. The fraction of sp³-hybridized carbons (Fsp3) is 0.414. The zero-order chi connectivity index (χ0) is 29.0. The first-order valence-corrected chi connectivity index (χ1v) is 13.0. The van der Waals surface area contributed by atoms with E-state index < -0.39 is 34.6 Å². The number of aliphatic hydroxyl groups is 1. The average Bonchev–Trinajstić information content (AvgIpc) is 2.89. The molecular formula is C29H30F4N4O3. The van der Waals surface area contributed by atoms with Crippen LogP contribution in [0.25, 0.3) is 10.9 Å². The van der Waals surface area contributed by atoms with Gasteiger partial charge in [0.2, 0.25) is 5.91 Å². The third-order valence-electron chi connectivity index (χ3n) is 8.34. The number of nitrogens with zero attached hydrogens (tertiary/aromatic N) is 3. The number of carbonyl (C=O) groups excluding carboxylic acids is 2. The number of rotatable bonds is 4. The predicted molar refractivity (Wildman–Crippen MR) is 141 cm³/mol. The number of benzene rings is 2. The van der Waals surface area contributed by atoms with Crippen molar-refractivity contribution >= 4 is 28.5 Å². The number of aromatic nitrogens is 1. The number of halogens is 4. The topological polar surface area (TPSA) is 85.8 Å². The lowest BCUT2D eigenvalue weighted by molar-refractivity contribution is -0.137. The summed E-state index contributed by atoms with van der Waals surface area (Å²) in [6.07, 6.45) is -2.67. The van der Waals surface area contributed by atoms with Crippen LogP contribution >= 0.6 is 0 Å². The molecule has 212 valence electrons. The van der Waals surface area contributed by atoms with Gasteiger partial charge in [0.15, 0.2) is 0 Å². The molecule has 3 heterocycles. The summed E-state index contributed by atoms with van der Waals surface area (Å²) in [4.78, 5) is 31.5. The standard InChI is InChI=1S/C29H30F4N4O3/c1-17(18-4-6-19(7-5-18)29(31,32)33)36-13-11-28(40,27(2,3)16-36)22-8-9-23-21(25(22)30)14-20(15-34-23)37-12-10-24(38)35-26(37)39/h4-9,14-15,17,40H,10-13,16H2,1-3H3,(H,35,38,39)/t17-,28-/m1/s1. The van der Waals surface area contributed by atoms with Crippen molar-refractivity contribution < 1.29 is 32.3 Å². The molecule has 11 heteroatoms. The average molecular weight is 559 g/mol. The summed E-state index contributed by atoms with van der Waals surface area (Å²) in [6, 6.07) is 8.89. The fourth-order valence-electron chi connectivity index (χ4n) is 5.78. The van der Waals surface area contributed by atoms with E-state index in [9.17, 15) is 27.9 Å². The van der Waals surface area contributed by atoms with E-state index in [1.807, 2.05) is 20.8 Å². The number of nitrogens with one attached hydrogen (secondary N) is 1. The highest BCUT2D eigenvalue weighted by molar-refractivity contribution is 6.06. The predicted octanol–water partition coefficient (Wildman–Crippen LogP) is 5.52. The van der Waals surface area contributed by atoms with Crippen LogP contribution in [0, 0.1) is 11.2 Å². The maximum atomic E-state index is 16.1. The molecule has 2 aliphatic heterocycles. The van der Waals surface area contributed by atoms with Gasteiger partial charge in [0.1, 0.15) is 5.82 Å². The van der Waals surface area contributed by atoms with Crippen LogP contribution in [0.4, 0.5) is 28.0 Å². The van der Waals surface area contributed by atoms with E-state index in [1.165, 1.54) is 35.4 Å². The molecule has 2 aromatic carbocycles. The Balaban J connectivity index is 1.42. The first-order valence-electron chi connectivity index (χ1n) is 13.0. The minimum absolute atomic E-state index is 0.113. The third kappa shape index (κ3) is 4.81. The first-order chi connectivity index (χ1) is 18.7. The van der Waals surface area contributed by atoms with E-state index in [-0.39, 0.29) is 42.3 Å². The summed E-state index contributed by atoms with van der Waals surface area (Å²) in [5, 5.41) is 14.4. The van der Waals surface area contributed by atoms with Gasteiger partial charge >= 0.3 is 12.2 Å². The Morgan fingerprint density at radius 3 is 2.40 bits per heavy atom. The number of hydrogen-bond acceptors (Lipinski definition) is 5. The third-order valence-corrected chi connectivity index (χ3v) is 8.34. The molecule has 2 atom stereocenters. The number of pyridine rings is 1. The fourth-order valence-corrected chi connectivity index (χ4v) is 5.78. The molecule has 3 aromatic rings. The molecule has 5 rings (SSSR count). The summed E-state index contributed by atoms with van der Waals surface area (Å²) in [6.45, 7) is 6.47. The Bertz CT molecular complexity index is 1470. The molecule has 0 unspecified atom stereocenters. The SMILES string of the molecule is C[C@H](c1ccc(C(F)(F)F)cc1)N1CC[C@@](O)(c2ccc3ncc(N4CCC(=O)NC4=O)cc3c2F)C(C)(C)C1. The Hall–Kier alpha value is -3.57. The molecule has 0 aliphatic carbocycles. The number of imide groups is 1. The molecule has 0 bridgehead atoms. The minimum Gasteiger partial charge on any atom is -0.384 e. The van der Waals surface area contributed by atoms with Crippen LogP contribution in [0.2, 0.25) is 0 Å². The number of likely N-dealkylation sites (tertiary alicyclic amines) is 1. The van der Waals surface area contributed by atoms with E-state index in [2.05, 4.69) is 15.2 Å². The van der Waals surface area contributed by atoms with Gasteiger partial charge in [-0.15, -0.1) is 0 Å². The van der Waals surface area contributed by atoms with Crippen LogP contribution in [0.15, 0.2) is 48.7 Å². The van der Waals surface area contributed by atoms with Crippen molar-refractivity contribution in [2.75, 3.05) is 24.5 Å². The van der Waals surface area contributed by atoms with E-state index >= 15 is 4.39 Å². The highest BCUT2D eigenvalue weighted by Crippen LogP contribution is 2.49. The summed E-state index contributed by atoms with van der Waals surface area (Å²) in [5.74, 6) is -1.02. The molecule has 2 N–H and O–H groups in total. The number of urea groups is 1. The van der Waals surface area contributed by atoms with Crippen LogP contribution in [0.5, 0.6) is 0 Å². The highest BCUT2D eigenvalue weighted by Gasteiger charge is 2.51. The molecule has 3 amide bonds. The summed E-state index contributed by atoms with van der Waals surface area (Å²) >= 11 is 0. The highest BCUT2D eigenvalue weighted by atomic mass is 19.4. The van der Waals surface area contributed by atoms with Crippen molar-refractivity contribution in [2.45, 2.75) is 51.4 Å². The molecule has 40 heavy (non-hydrogen) atoms. The van der Waals surface area contributed by atoms with Crippen LogP contribution in [0.3, 0.4) is 0 Å². The van der Waals surface area contributed by atoms with Gasteiger partial charge in [-0.05, 0) is 43.2 Å². The number of piperidine rings is 1. The molecule has 2 fully saturated rings. The van der Waals surface area contributed by atoms with Gasteiger partial charge in [-0.25, -0.2) is 9.18 Å². The monoisotopic (exact) mass is 558 g/mol. The second-order valence-corrected chi connectivity index (χ2v) is 11.2. The van der Waals surface area contributed by atoms with E-state index in [0.717, 1.165) is 12.1 Å². The quantitative estimate of drug-likeness (QED) is 0.412. The number of anilines is 1. The molecule has 2 saturated heterocycles. The van der Waals surface area contributed by atoms with Crippen LogP contribution in [0.1, 0.15) is 56.3 Å². The number of amides is 3. The van der Waals surface area contributed by atoms with E-state index in [4.69, 9.17) is 0 Å². The van der Waals surface area contributed by atoms with Gasteiger partial charge < -0.3 is 5.11 Å². The Morgan fingerprint density at radius 1 is 1.07 bits per heavy atom. The zero-order valence-corrected chi connectivity index (χ0v) is 22.3. The van der Waals surface area contributed by atoms with Crippen molar-refractivity contribution in [3.8, 4) is 0 Å². The second kappa shape index (κ2) is 9.81. The Labute approximate surface area is 228 Å². The maximum Gasteiger partial charge on any atom is 0.416 e. The minimum atomic E-state index is -4.41. The van der Waals surface area contributed by atoms with Crippen LogP contribution in [-0.2, 0) is 16.6 Å². The molecular weight excluding hydrogens is 528 g/mol. The molecule has 0 saturated carbocycles. The van der Waals surface area contributed by atoms with Gasteiger partial charge in [0.25, 0.3) is 0 Å². The lowest BCUT2D eigenvalue weighted by Gasteiger charge is -2.52. The Morgan fingerprint density at radius 2 is 1.77 bits per heavy atom. The van der Waals surface area contributed by atoms with Crippen molar-refractivity contribution in [3.63, 3.8) is 0 Å². The summed E-state index contributed by atoms with van der Waals surface area (Å²) in [5.41, 5.74) is -1.58. The van der Waals surface area contributed by atoms with Crippen LogP contribution < -0.4 is 10.2 Å². The van der Waals surface area contributed by atoms with E-state index in [1.54, 1.807) is 6.07 Å². The molecule has 0 radical (unpaired) electrons. The smallest absolute Gasteiger partial charge is 0.384 e. The molecule has 1 aromatic heterocycles. The molecule has 0 spiro atoms. The van der Waals surface area contributed by atoms with E-state index in [0.29, 0.717) is 29.9 Å². The summed E-state index contributed by atoms with van der Waals surface area (Å²) < 4.78 is 55.1. The van der Waals surface area contributed by atoms with Gasteiger partial charge in [-0.3, -0.25) is 24.9 Å². The van der Waals surface area contributed by atoms with Gasteiger partial charge in [-0.1, -0.05) is 32.0 Å². The zero-order valence-electron chi connectivity index (χ0n) is 22.3. The normalized spacial score (nSPS) is 22.9. The van der Waals surface area contributed by atoms with Gasteiger partial charge in [0, 0.05) is 48.5 Å².